The zero-order valence-electron chi connectivity index (χ0n) is 13.0. The third-order valence-corrected chi connectivity index (χ3v) is 3.08. The van der Waals surface area contributed by atoms with E-state index in [0.29, 0.717) is 12.4 Å². The first-order valence-corrected chi connectivity index (χ1v) is 7.35. The molecule has 0 aliphatic carbocycles. The normalized spacial score (nSPS) is 10.4. The van der Waals surface area contributed by atoms with Crippen LogP contribution in [0.1, 0.15) is 36.1 Å². The van der Waals surface area contributed by atoms with Gasteiger partial charge in [-0.25, -0.2) is 18.7 Å². The summed E-state index contributed by atoms with van der Waals surface area (Å²) in [6, 6.07) is 4.60. The van der Waals surface area contributed by atoms with Gasteiger partial charge in [-0.3, -0.25) is 4.79 Å². The van der Waals surface area contributed by atoms with Crippen LogP contribution in [0.3, 0.4) is 0 Å². The smallest absolute Gasteiger partial charge is 0.270 e. The molecule has 0 atom stereocenters. The first kappa shape index (κ1) is 16.8. The minimum Gasteiger partial charge on any atom is -0.351 e. The lowest BCUT2D eigenvalue weighted by atomic mass is 10.3. The fourth-order valence-electron chi connectivity index (χ4n) is 1.95. The van der Waals surface area contributed by atoms with Gasteiger partial charge in [-0.05, 0) is 25.5 Å². The van der Waals surface area contributed by atoms with E-state index in [1.54, 1.807) is 6.92 Å². The topological polar surface area (TPSA) is 66.9 Å². The number of aryl methyl sites for hydroxylation is 1. The molecule has 1 heterocycles. The van der Waals surface area contributed by atoms with Gasteiger partial charge < -0.3 is 10.6 Å². The number of benzene rings is 1. The summed E-state index contributed by atoms with van der Waals surface area (Å²) in [5, 5.41) is 5.49. The zero-order chi connectivity index (χ0) is 16.8. The number of hydrogen-bond acceptors (Lipinski definition) is 4. The number of carbonyl (C=O) groups is 1. The van der Waals surface area contributed by atoms with Crippen molar-refractivity contribution in [3.8, 4) is 0 Å². The highest BCUT2D eigenvalue weighted by Crippen LogP contribution is 2.20. The monoisotopic (exact) mass is 320 g/mol. The molecule has 5 nitrogen and oxygen atoms in total. The van der Waals surface area contributed by atoms with E-state index < -0.39 is 11.6 Å². The number of nitrogens with zero attached hydrogens (tertiary/aromatic N) is 2. The number of aromatic nitrogens is 2. The lowest BCUT2D eigenvalue weighted by Crippen LogP contribution is -2.25. The standard InChI is InChI=1S/C16H18F2N4O/c1-3-4-7-19-16(23)14-9-15(21-10(2)20-14)22-13-6-5-11(17)8-12(13)18/h5-6,8-9H,3-4,7H2,1-2H3,(H,19,23)(H,20,21,22). The summed E-state index contributed by atoms with van der Waals surface area (Å²) in [5.74, 6) is -1.08. The highest BCUT2D eigenvalue weighted by molar-refractivity contribution is 5.93. The summed E-state index contributed by atoms with van der Waals surface area (Å²) in [7, 11) is 0. The second-order valence-corrected chi connectivity index (χ2v) is 5.04. The molecule has 23 heavy (non-hydrogen) atoms. The lowest BCUT2D eigenvalue weighted by Gasteiger charge is -2.10. The summed E-state index contributed by atoms with van der Waals surface area (Å²) in [6.45, 7) is 4.23. The third kappa shape index (κ3) is 4.70. The molecule has 0 aliphatic rings. The molecule has 1 aromatic heterocycles. The molecule has 0 bridgehead atoms. The largest absolute Gasteiger partial charge is 0.351 e. The Morgan fingerprint density at radius 1 is 1.22 bits per heavy atom. The van der Waals surface area contributed by atoms with Crippen LogP contribution < -0.4 is 10.6 Å². The molecule has 2 rings (SSSR count). The van der Waals surface area contributed by atoms with E-state index >= 15 is 0 Å². The Balaban J connectivity index is 2.18. The van der Waals surface area contributed by atoms with Crippen LogP contribution in [-0.4, -0.2) is 22.4 Å². The number of carbonyl (C=O) groups excluding carboxylic acids is 1. The quantitative estimate of drug-likeness (QED) is 0.801. The Kier molecular flexibility index (Phi) is 5.56. The molecule has 0 radical (unpaired) electrons. The summed E-state index contributed by atoms with van der Waals surface area (Å²) < 4.78 is 26.6. The average molecular weight is 320 g/mol. The van der Waals surface area contributed by atoms with Crippen molar-refractivity contribution in [3.63, 3.8) is 0 Å². The van der Waals surface area contributed by atoms with Crippen LogP contribution in [0.2, 0.25) is 0 Å². The van der Waals surface area contributed by atoms with E-state index in [9.17, 15) is 13.6 Å². The fraction of sp³-hybridized carbons (Fsp3) is 0.312. The molecule has 0 unspecified atom stereocenters. The molecule has 7 heteroatoms. The van der Waals surface area contributed by atoms with Gasteiger partial charge in [0, 0.05) is 18.7 Å². The van der Waals surface area contributed by atoms with Gasteiger partial charge in [0.15, 0.2) is 0 Å². The van der Waals surface area contributed by atoms with Crippen molar-refractivity contribution in [1.82, 2.24) is 15.3 Å². The first-order chi connectivity index (χ1) is 11.0. The van der Waals surface area contributed by atoms with E-state index in [1.807, 2.05) is 6.92 Å². The summed E-state index contributed by atoms with van der Waals surface area (Å²) in [5.41, 5.74) is 0.264. The van der Waals surface area contributed by atoms with Crippen LogP contribution in [0.5, 0.6) is 0 Å². The van der Waals surface area contributed by atoms with Crippen molar-refractivity contribution in [2.75, 3.05) is 11.9 Å². The van der Waals surface area contributed by atoms with Crippen LogP contribution in [0.25, 0.3) is 0 Å². The summed E-state index contributed by atoms with van der Waals surface area (Å²) >= 11 is 0. The minimum atomic E-state index is -0.741. The van der Waals surface area contributed by atoms with Gasteiger partial charge in [-0.15, -0.1) is 0 Å². The van der Waals surface area contributed by atoms with Crippen molar-refractivity contribution in [3.05, 3.63) is 47.4 Å². The van der Waals surface area contributed by atoms with E-state index in [0.717, 1.165) is 25.0 Å². The highest BCUT2D eigenvalue weighted by atomic mass is 19.1. The molecule has 1 amide bonds. The molecular formula is C16H18F2N4O. The maximum Gasteiger partial charge on any atom is 0.270 e. The molecule has 122 valence electrons. The predicted molar refractivity (Wildman–Crippen MR) is 83.7 cm³/mol. The number of amides is 1. The SMILES string of the molecule is CCCCNC(=O)c1cc(Nc2ccc(F)cc2F)nc(C)n1. The molecular weight excluding hydrogens is 302 g/mol. The third-order valence-electron chi connectivity index (χ3n) is 3.08. The maximum atomic E-state index is 13.7. The number of anilines is 2. The van der Waals surface area contributed by atoms with Crippen molar-refractivity contribution in [2.45, 2.75) is 26.7 Å². The molecule has 1 aromatic carbocycles. The number of hydrogen-bond donors (Lipinski definition) is 2. The van der Waals surface area contributed by atoms with Gasteiger partial charge in [-0.1, -0.05) is 13.3 Å². The van der Waals surface area contributed by atoms with E-state index in [1.165, 1.54) is 12.1 Å². The number of nitrogens with one attached hydrogen (secondary N) is 2. The number of unbranched alkanes of at least 4 members (excludes halogenated alkanes) is 1. The van der Waals surface area contributed by atoms with E-state index in [2.05, 4.69) is 20.6 Å². The second kappa shape index (κ2) is 7.62. The van der Waals surface area contributed by atoms with Crippen LogP contribution in [-0.2, 0) is 0 Å². The molecule has 0 fully saturated rings. The average Bonchev–Trinajstić information content (AvgIpc) is 2.50. The summed E-state index contributed by atoms with van der Waals surface area (Å²) in [4.78, 5) is 20.2. The molecule has 2 N–H and O–H groups in total. The van der Waals surface area contributed by atoms with Gasteiger partial charge in [0.2, 0.25) is 0 Å². The molecule has 0 aliphatic heterocycles. The van der Waals surface area contributed by atoms with Crippen molar-refractivity contribution >= 4 is 17.4 Å². The van der Waals surface area contributed by atoms with Crippen LogP contribution in [0.15, 0.2) is 24.3 Å². The van der Waals surface area contributed by atoms with Gasteiger partial charge >= 0.3 is 0 Å². The van der Waals surface area contributed by atoms with Gasteiger partial charge in [0.1, 0.15) is 29.0 Å². The second-order valence-electron chi connectivity index (χ2n) is 5.04. The molecule has 0 saturated heterocycles. The maximum absolute atomic E-state index is 13.7. The van der Waals surface area contributed by atoms with Crippen molar-refractivity contribution in [1.29, 1.82) is 0 Å². The van der Waals surface area contributed by atoms with E-state index in [-0.39, 0.29) is 23.1 Å². The summed E-state index contributed by atoms with van der Waals surface area (Å²) in [6.07, 6.45) is 1.85. The number of rotatable bonds is 6. The Morgan fingerprint density at radius 3 is 2.70 bits per heavy atom. The fourth-order valence-corrected chi connectivity index (χ4v) is 1.95. The minimum absolute atomic E-state index is 0.0711. The Morgan fingerprint density at radius 2 is 2.00 bits per heavy atom. The predicted octanol–water partition coefficient (Wildman–Crippen LogP) is 3.34. The Hall–Kier alpha value is -2.57. The van der Waals surface area contributed by atoms with Gasteiger partial charge in [0.05, 0.1) is 5.69 Å². The van der Waals surface area contributed by atoms with Crippen LogP contribution >= 0.6 is 0 Å². The van der Waals surface area contributed by atoms with Crippen molar-refractivity contribution in [2.24, 2.45) is 0 Å². The van der Waals surface area contributed by atoms with Crippen LogP contribution in [0.4, 0.5) is 20.3 Å². The Bertz CT molecular complexity index is 706. The molecule has 0 spiro atoms. The Labute approximate surface area is 133 Å². The van der Waals surface area contributed by atoms with Crippen LogP contribution in [0, 0.1) is 18.6 Å². The lowest BCUT2D eigenvalue weighted by molar-refractivity contribution is 0.0948. The van der Waals surface area contributed by atoms with Crippen molar-refractivity contribution < 1.29 is 13.6 Å². The van der Waals surface area contributed by atoms with Gasteiger partial charge in [0.25, 0.3) is 5.91 Å². The first-order valence-electron chi connectivity index (χ1n) is 7.35. The molecule has 2 aromatic rings. The van der Waals surface area contributed by atoms with Gasteiger partial charge in [-0.2, -0.15) is 0 Å². The highest BCUT2D eigenvalue weighted by Gasteiger charge is 2.11. The van der Waals surface area contributed by atoms with E-state index in [4.69, 9.17) is 0 Å². The number of halogens is 2. The molecule has 0 saturated carbocycles. The zero-order valence-corrected chi connectivity index (χ0v) is 13.0.